The van der Waals surface area contributed by atoms with Gasteiger partial charge in [-0.15, -0.1) is 0 Å². The summed E-state index contributed by atoms with van der Waals surface area (Å²) in [7, 11) is 0. The van der Waals surface area contributed by atoms with Gasteiger partial charge in [0.15, 0.2) is 0 Å². The van der Waals surface area contributed by atoms with Crippen LogP contribution in [0.4, 0.5) is 0 Å². The van der Waals surface area contributed by atoms with Crippen molar-refractivity contribution in [1.82, 2.24) is 0 Å². The van der Waals surface area contributed by atoms with Crippen molar-refractivity contribution in [2.24, 2.45) is 11.7 Å². The molecule has 0 fully saturated rings. The van der Waals surface area contributed by atoms with E-state index in [2.05, 4.69) is 11.7 Å². The zero-order valence-electron chi connectivity index (χ0n) is 9.52. The van der Waals surface area contributed by atoms with Gasteiger partial charge < -0.3 is 10.2 Å². The van der Waals surface area contributed by atoms with E-state index in [1.54, 1.807) is 0 Å². The van der Waals surface area contributed by atoms with Gasteiger partial charge in [-0.25, -0.2) is 0 Å². The molecule has 6 N–H and O–H groups in total. The molecule has 0 unspecified atom stereocenters. The van der Waals surface area contributed by atoms with E-state index in [1.807, 2.05) is 0 Å². The number of nitrogens with two attached hydrogens (primary N) is 2. The summed E-state index contributed by atoms with van der Waals surface area (Å²) >= 11 is 0. The summed E-state index contributed by atoms with van der Waals surface area (Å²) in [5, 5.41) is 16.7. The van der Waals surface area contributed by atoms with Crippen LogP contribution in [0.1, 0.15) is 51.4 Å². The van der Waals surface area contributed by atoms with Crippen LogP contribution in [-0.4, -0.2) is 22.2 Å². The topological polar surface area (TPSA) is 127 Å². The third-order valence-corrected chi connectivity index (χ3v) is 2.03. The Balaban J connectivity index is 0. The number of hydrogen-bond acceptors (Lipinski definition) is 4. The van der Waals surface area contributed by atoms with E-state index in [4.69, 9.17) is 10.2 Å². The fourth-order valence-corrected chi connectivity index (χ4v) is 1.26. The maximum atomic E-state index is 10.1. The minimum atomic E-state index is -0.740. The van der Waals surface area contributed by atoms with Gasteiger partial charge in [0, 0.05) is 12.8 Å². The minimum Gasteiger partial charge on any atom is -0.481 e. The van der Waals surface area contributed by atoms with Crippen molar-refractivity contribution in [3.8, 4) is 0 Å². The van der Waals surface area contributed by atoms with Gasteiger partial charge >= 0.3 is 11.9 Å². The van der Waals surface area contributed by atoms with E-state index >= 15 is 0 Å². The quantitative estimate of drug-likeness (QED) is 0.269. The number of hydrazine groups is 1. The van der Waals surface area contributed by atoms with Crippen molar-refractivity contribution in [2.45, 2.75) is 51.4 Å². The Labute approximate surface area is 95.6 Å². The molecule has 0 aliphatic carbocycles. The second-order valence-corrected chi connectivity index (χ2v) is 3.41. The lowest BCUT2D eigenvalue weighted by atomic mass is 10.1. The monoisotopic (exact) mass is 234 g/mol. The molecular weight excluding hydrogens is 212 g/mol. The summed E-state index contributed by atoms with van der Waals surface area (Å²) in [6.45, 7) is 0. The molecule has 0 amide bonds. The molecule has 0 radical (unpaired) electrons. The Morgan fingerprint density at radius 3 is 1.19 bits per heavy atom. The Hall–Kier alpha value is -1.14. The number of rotatable bonds is 9. The fraction of sp³-hybridized carbons (Fsp3) is 0.800. The Morgan fingerprint density at radius 1 is 0.688 bits per heavy atom. The second kappa shape index (κ2) is 13.9. The van der Waals surface area contributed by atoms with Gasteiger partial charge in [-0.3, -0.25) is 21.3 Å². The lowest BCUT2D eigenvalue weighted by molar-refractivity contribution is -0.138. The normalized spacial score (nSPS) is 9.12. The van der Waals surface area contributed by atoms with Gasteiger partial charge in [0.25, 0.3) is 0 Å². The number of carboxylic acids is 2. The average Bonchev–Trinajstić information content (AvgIpc) is 2.24. The molecule has 0 aliphatic heterocycles. The first kappa shape index (κ1) is 17.3. The maximum Gasteiger partial charge on any atom is 0.303 e. The van der Waals surface area contributed by atoms with Crippen LogP contribution in [-0.2, 0) is 9.59 Å². The van der Waals surface area contributed by atoms with Gasteiger partial charge in [0.05, 0.1) is 0 Å². The smallest absolute Gasteiger partial charge is 0.303 e. The van der Waals surface area contributed by atoms with E-state index in [9.17, 15) is 9.59 Å². The molecule has 0 aromatic rings. The summed E-state index contributed by atoms with van der Waals surface area (Å²) in [4.78, 5) is 20.3. The van der Waals surface area contributed by atoms with Crippen molar-refractivity contribution in [3.05, 3.63) is 0 Å². The van der Waals surface area contributed by atoms with E-state index in [0.29, 0.717) is 0 Å². The lowest BCUT2D eigenvalue weighted by Crippen LogP contribution is -2.02. The van der Waals surface area contributed by atoms with Crippen molar-refractivity contribution in [1.29, 1.82) is 0 Å². The number of carboxylic acid groups (broad SMARTS) is 2. The van der Waals surface area contributed by atoms with Crippen LogP contribution < -0.4 is 11.7 Å². The molecule has 0 aliphatic rings. The van der Waals surface area contributed by atoms with E-state index in [0.717, 1.165) is 38.5 Å². The van der Waals surface area contributed by atoms with Crippen LogP contribution >= 0.6 is 0 Å². The number of aliphatic carboxylic acids is 2. The molecule has 6 nitrogen and oxygen atoms in total. The van der Waals surface area contributed by atoms with E-state index in [-0.39, 0.29) is 12.8 Å². The van der Waals surface area contributed by atoms with Gasteiger partial charge in [-0.05, 0) is 12.8 Å². The molecule has 0 rings (SSSR count). The Bertz CT molecular complexity index is 166. The van der Waals surface area contributed by atoms with Crippen LogP contribution in [0.3, 0.4) is 0 Å². The van der Waals surface area contributed by atoms with Crippen molar-refractivity contribution in [3.63, 3.8) is 0 Å². The molecule has 0 spiro atoms. The number of carbonyl (C=O) groups is 2. The predicted octanol–water partition coefficient (Wildman–Crippen LogP) is 1.10. The van der Waals surface area contributed by atoms with Crippen molar-refractivity contribution < 1.29 is 19.8 Å². The van der Waals surface area contributed by atoms with E-state index < -0.39 is 11.9 Å². The third-order valence-electron chi connectivity index (χ3n) is 2.03. The number of unbranched alkanes of at least 4 members (excludes halogenated alkanes) is 5. The van der Waals surface area contributed by atoms with Crippen LogP contribution in [0.15, 0.2) is 0 Å². The highest BCUT2D eigenvalue weighted by molar-refractivity contribution is 5.66. The summed E-state index contributed by atoms with van der Waals surface area (Å²) < 4.78 is 0. The molecule has 0 heterocycles. The fourth-order valence-electron chi connectivity index (χ4n) is 1.26. The first-order chi connectivity index (χ1) is 7.63. The molecular formula is C10H22N2O4. The zero-order chi connectivity index (χ0) is 12.8. The molecule has 0 atom stereocenters. The van der Waals surface area contributed by atoms with Gasteiger partial charge in [-0.2, -0.15) is 0 Å². The van der Waals surface area contributed by atoms with Gasteiger partial charge in [-0.1, -0.05) is 25.7 Å². The average molecular weight is 234 g/mol. The Morgan fingerprint density at radius 2 is 0.938 bits per heavy atom. The largest absolute Gasteiger partial charge is 0.481 e. The SMILES string of the molecule is NN.O=C(O)CCCCCCCCC(=O)O. The molecule has 0 bridgehead atoms. The van der Waals surface area contributed by atoms with Gasteiger partial charge in [0.2, 0.25) is 0 Å². The highest BCUT2D eigenvalue weighted by Gasteiger charge is 1.98. The summed E-state index contributed by atoms with van der Waals surface area (Å²) in [5.74, 6) is 6.52. The molecule has 0 saturated carbocycles. The van der Waals surface area contributed by atoms with Crippen molar-refractivity contribution >= 4 is 11.9 Å². The molecule has 0 saturated heterocycles. The molecule has 0 aromatic heterocycles. The van der Waals surface area contributed by atoms with Crippen LogP contribution in [0.5, 0.6) is 0 Å². The third kappa shape index (κ3) is 18.6. The highest BCUT2D eigenvalue weighted by atomic mass is 16.4. The molecule has 16 heavy (non-hydrogen) atoms. The Kier molecular flexibility index (Phi) is 15.0. The zero-order valence-corrected chi connectivity index (χ0v) is 9.52. The maximum absolute atomic E-state index is 10.1. The summed E-state index contributed by atoms with van der Waals surface area (Å²) in [5.41, 5.74) is 0. The van der Waals surface area contributed by atoms with Crippen LogP contribution in [0.2, 0.25) is 0 Å². The summed E-state index contributed by atoms with van der Waals surface area (Å²) in [6.07, 6.45) is 5.82. The standard InChI is InChI=1S/C10H18O4.H4N2/c11-9(12)7-5-3-1-2-4-6-8-10(13)14;1-2/h1-8H2,(H,11,12)(H,13,14);1-2H2. The molecule has 6 heteroatoms. The minimum absolute atomic E-state index is 0.245. The number of hydrogen-bond donors (Lipinski definition) is 4. The second-order valence-electron chi connectivity index (χ2n) is 3.41. The predicted molar refractivity (Wildman–Crippen MR) is 60.6 cm³/mol. The summed E-state index contributed by atoms with van der Waals surface area (Å²) in [6, 6.07) is 0. The first-order valence-electron chi connectivity index (χ1n) is 5.40. The first-order valence-corrected chi connectivity index (χ1v) is 5.40. The van der Waals surface area contributed by atoms with E-state index in [1.165, 1.54) is 0 Å². The van der Waals surface area contributed by atoms with Crippen molar-refractivity contribution in [2.75, 3.05) is 0 Å². The van der Waals surface area contributed by atoms with Gasteiger partial charge in [0.1, 0.15) is 0 Å². The lowest BCUT2D eigenvalue weighted by Gasteiger charge is -1.98. The van der Waals surface area contributed by atoms with Crippen LogP contribution in [0, 0.1) is 0 Å². The molecule has 0 aromatic carbocycles. The molecule has 96 valence electrons. The highest BCUT2D eigenvalue weighted by Crippen LogP contribution is 2.08. The van der Waals surface area contributed by atoms with Crippen LogP contribution in [0.25, 0.3) is 0 Å².